The largest absolute Gasteiger partial charge is 1.00 e. The van der Waals surface area contributed by atoms with Crippen molar-refractivity contribution in [3.63, 3.8) is 0 Å². The second kappa shape index (κ2) is 14.7. The molecule has 52 valence electrons. The van der Waals surface area contributed by atoms with Gasteiger partial charge in [0.25, 0.3) is 0 Å². The monoisotopic (exact) mass is 196 g/mol. The Labute approximate surface area is 149 Å². The smallest absolute Gasteiger partial charge is 0.855 e. The molecular formula is C6H14K2O2. The van der Waals surface area contributed by atoms with Gasteiger partial charge in [-0.1, -0.05) is 27.7 Å². The van der Waals surface area contributed by atoms with Crippen LogP contribution in [0.25, 0.3) is 0 Å². The van der Waals surface area contributed by atoms with Gasteiger partial charge >= 0.3 is 103 Å². The molecule has 0 aromatic rings. The van der Waals surface area contributed by atoms with Crippen LogP contribution in [-0.2, 0) is 0 Å². The van der Waals surface area contributed by atoms with E-state index in [1.807, 2.05) is 0 Å². The predicted octanol–water partition coefficient (Wildman–Crippen LogP) is -6.48. The summed E-state index contributed by atoms with van der Waals surface area (Å²) in [5.41, 5.74) is -0.750. The Morgan fingerprint density at radius 3 is 1.10 bits per heavy atom. The van der Waals surface area contributed by atoms with E-state index in [1.165, 1.54) is 0 Å². The minimum absolute atomic E-state index is 0. The molecule has 0 saturated carbocycles. The van der Waals surface area contributed by atoms with E-state index in [4.69, 9.17) is 5.11 Å². The summed E-state index contributed by atoms with van der Waals surface area (Å²) in [5, 5.41) is 19.0. The van der Waals surface area contributed by atoms with Gasteiger partial charge in [-0.3, -0.25) is 0 Å². The van der Waals surface area contributed by atoms with E-state index in [2.05, 4.69) is 0 Å². The molecule has 4 heteroatoms. The van der Waals surface area contributed by atoms with Crippen LogP contribution >= 0.6 is 0 Å². The summed E-state index contributed by atoms with van der Waals surface area (Å²) < 4.78 is 0. The van der Waals surface area contributed by atoms with Crippen molar-refractivity contribution in [2.75, 3.05) is 6.61 Å². The molecule has 0 N–H and O–H groups in total. The van der Waals surface area contributed by atoms with Gasteiger partial charge in [0, 0.05) is 0 Å². The normalized spacial score (nSPS) is 7.80. The molecule has 0 aromatic heterocycles. The molecule has 0 radical (unpaired) electrons. The molecule has 0 aliphatic carbocycles. The first-order valence-electron chi connectivity index (χ1n) is 2.70. The first-order chi connectivity index (χ1) is 3.41. The molecule has 0 amide bonds. The van der Waals surface area contributed by atoms with E-state index in [0.29, 0.717) is 0 Å². The maximum absolute atomic E-state index is 10.1. The van der Waals surface area contributed by atoms with Crippen LogP contribution in [0.15, 0.2) is 0 Å². The van der Waals surface area contributed by atoms with Crippen LogP contribution in [0.4, 0.5) is 0 Å². The van der Waals surface area contributed by atoms with Gasteiger partial charge < -0.3 is 10.2 Å². The van der Waals surface area contributed by atoms with Crippen LogP contribution in [0.1, 0.15) is 27.7 Å². The molecule has 0 aliphatic rings. The van der Waals surface area contributed by atoms with E-state index in [0.717, 1.165) is 0 Å². The molecule has 0 unspecified atom stereocenters. The first-order valence-corrected chi connectivity index (χ1v) is 2.70. The van der Waals surface area contributed by atoms with Crippen molar-refractivity contribution in [2.45, 2.75) is 33.3 Å². The van der Waals surface area contributed by atoms with Crippen molar-refractivity contribution in [3.05, 3.63) is 0 Å². The first kappa shape index (κ1) is 23.2. The average Bonchev–Trinajstić information content (AvgIpc) is 1.27. The SMILES string of the molecule is CC(C)(C)[O-].CC[O-].[K+].[K+]. The van der Waals surface area contributed by atoms with Crippen molar-refractivity contribution in [2.24, 2.45) is 0 Å². The Balaban J connectivity index is -0.0000000326. The van der Waals surface area contributed by atoms with E-state index in [-0.39, 0.29) is 109 Å². The van der Waals surface area contributed by atoms with Crippen molar-refractivity contribution < 1.29 is 113 Å². The molecule has 0 bridgehead atoms. The molecule has 0 spiro atoms. The van der Waals surface area contributed by atoms with Gasteiger partial charge in [-0.15, -0.1) is 12.2 Å². The molecule has 0 saturated heterocycles. The zero-order valence-electron chi connectivity index (χ0n) is 8.02. The fraction of sp³-hybridized carbons (Fsp3) is 1.00. The molecule has 10 heavy (non-hydrogen) atoms. The van der Waals surface area contributed by atoms with Crippen LogP contribution < -0.4 is 113 Å². The van der Waals surface area contributed by atoms with Gasteiger partial charge in [-0.05, 0) is 0 Å². The third kappa shape index (κ3) is 114. The summed E-state index contributed by atoms with van der Waals surface area (Å²) in [5.74, 6) is 0. The van der Waals surface area contributed by atoms with Gasteiger partial charge in [-0.2, -0.15) is 0 Å². The topological polar surface area (TPSA) is 46.1 Å². The number of hydrogen-bond donors (Lipinski definition) is 0. The van der Waals surface area contributed by atoms with Crippen LogP contribution in [0.5, 0.6) is 0 Å². The van der Waals surface area contributed by atoms with E-state index in [9.17, 15) is 5.11 Å². The van der Waals surface area contributed by atoms with E-state index < -0.39 is 5.60 Å². The van der Waals surface area contributed by atoms with Crippen molar-refractivity contribution in [1.29, 1.82) is 0 Å². The molecule has 0 fully saturated rings. The Kier molecular flexibility index (Phi) is 34.1. The zero-order valence-corrected chi connectivity index (χ0v) is 14.3. The maximum Gasteiger partial charge on any atom is 1.00 e. The second-order valence-corrected chi connectivity index (χ2v) is 2.40. The van der Waals surface area contributed by atoms with E-state index in [1.54, 1.807) is 27.7 Å². The fourth-order valence-electron chi connectivity index (χ4n) is 0. The maximum atomic E-state index is 10.1. The fourth-order valence-corrected chi connectivity index (χ4v) is 0. The number of hydrogen-bond acceptors (Lipinski definition) is 2. The summed E-state index contributed by atoms with van der Waals surface area (Å²) in [6.07, 6.45) is 0. The summed E-state index contributed by atoms with van der Waals surface area (Å²) in [4.78, 5) is 0. The molecule has 0 rings (SSSR count). The summed E-state index contributed by atoms with van der Waals surface area (Å²) in [6.45, 7) is 6.47. The quantitative estimate of drug-likeness (QED) is 0.362. The van der Waals surface area contributed by atoms with Crippen LogP contribution in [0.2, 0.25) is 0 Å². The van der Waals surface area contributed by atoms with Crippen molar-refractivity contribution >= 4 is 0 Å². The van der Waals surface area contributed by atoms with Crippen LogP contribution in [-0.4, -0.2) is 12.2 Å². The third-order valence-electron chi connectivity index (χ3n) is 0. The molecule has 2 nitrogen and oxygen atoms in total. The van der Waals surface area contributed by atoms with Gasteiger partial charge in [0.1, 0.15) is 0 Å². The van der Waals surface area contributed by atoms with E-state index >= 15 is 0 Å². The second-order valence-electron chi connectivity index (χ2n) is 2.40. The van der Waals surface area contributed by atoms with Gasteiger partial charge in [-0.25, -0.2) is 0 Å². The third-order valence-corrected chi connectivity index (χ3v) is 0. The summed E-state index contributed by atoms with van der Waals surface area (Å²) in [7, 11) is 0. The van der Waals surface area contributed by atoms with Crippen molar-refractivity contribution in [1.82, 2.24) is 0 Å². The Morgan fingerprint density at radius 2 is 1.10 bits per heavy atom. The van der Waals surface area contributed by atoms with Crippen LogP contribution in [0.3, 0.4) is 0 Å². The molecule has 0 aliphatic heterocycles. The minimum Gasteiger partial charge on any atom is -0.855 e. The molecular weight excluding hydrogens is 182 g/mol. The summed E-state index contributed by atoms with van der Waals surface area (Å²) >= 11 is 0. The number of rotatable bonds is 0. The summed E-state index contributed by atoms with van der Waals surface area (Å²) in [6, 6.07) is 0. The standard InChI is InChI=1S/C4H9O.C2H5O.2K/c1-4(2,3)5;1-2-3;;/h1-3H3;2H2,1H3;;/q2*-1;2*+1. The predicted molar refractivity (Wildman–Crippen MR) is 30.3 cm³/mol. The molecule has 0 aromatic carbocycles. The van der Waals surface area contributed by atoms with Crippen LogP contribution in [0, 0.1) is 0 Å². The van der Waals surface area contributed by atoms with Crippen molar-refractivity contribution in [3.8, 4) is 0 Å². The van der Waals surface area contributed by atoms with Gasteiger partial charge in [0.15, 0.2) is 0 Å². The van der Waals surface area contributed by atoms with Gasteiger partial charge in [0.05, 0.1) is 0 Å². The minimum atomic E-state index is -0.750. The zero-order chi connectivity index (χ0) is 7.21. The average molecular weight is 196 g/mol. The Morgan fingerprint density at radius 1 is 1.10 bits per heavy atom. The molecule has 0 heterocycles. The Hall–Kier alpha value is 3.19. The molecule has 0 atom stereocenters. The Bertz CT molecular complexity index is 37.5. The van der Waals surface area contributed by atoms with Gasteiger partial charge in [0.2, 0.25) is 0 Å².